The molecule has 0 aliphatic heterocycles. The van der Waals surface area contributed by atoms with Gasteiger partial charge in [0.25, 0.3) is 0 Å². The summed E-state index contributed by atoms with van der Waals surface area (Å²) in [5.74, 6) is 1.02. The zero-order chi connectivity index (χ0) is 12.6. The number of methoxy groups -OCH3 is 1. The molecule has 1 fully saturated rings. The summed E-state index contributed by atoms with van der Waals surface area (Å²) in [5.41, 5.74) is 7.51. The Morgan fingerprint density at radius 3 is 2.56 bits per heavy atom. The predicted molar refractivity (Wildman–Crippen MR) is 65.5 cm³/mol. The highest BCUT2D eigenvalue weighted by Crippen LogP contribution is 2.48. The summed E-state index contributed by atoms with van der Waals surface area (Å²) < 4.78 is 10.5. The lowest BCUT2D eigenvalue weighted by molar-refractivity contribution is 0.0789. The Morgan fingerprint density at radius 1 is 1.33 bits per heavy atom. The molecular formula is C13H15N3O2. The smallest absolute Gasteiger partial charge is 0.240 e. The zero-order valence-corrected chi connectivity index (χ0v) is 10.2. The molecule has 5 nitrogen and oxygen atoms in total. The van der Waals surface area contributed by atoms with Crippen LogP contribution in [-0.4, -0.2) is 17.3 Å². The Kier molecular flexibility index (Phi) is 2.65. The minimum atomic E-state index is -0.0573. The number of ether oxygens (including phenoxy) is 1. The maximum Gasteiger partial charge on any atom is 0.240 e. The van der Waals surface area contributed by atoms with Crippen molar-refractivity contribution in [1.29, 1.82) is 0 Å². The SMILES string of the molecule is COC1(c2ccc(-c3noc(CN)n3)cc2)CC1. The highest BCUT2D eigenvalue weighted by Gasteiger charge is 2.44. The van der Waals surface area contributed by atoms with Gasteiger partial charge >= 0.3 is 0 Å². The second kappa shape index (κ2) is 4.19. The largest absolute Gasteiger partial charge is 0.374 e. The Hall–Kier alpha value is -1.72. The van der Waals surface area contributed by atoms with E-state index >= 15 is 0 Å². The summed E-state index contributed by atoms with van der Waals surface area (Å²) in [6, 6.07) is 8.09. The zero-order valence-electron chi connectivity index (χ0n) is 10.2. The van der Waals surface area contributed by atoms with Gasteiger partial charge in [0.15, 0.2) is 0 Å². The Morgan fingerprint density at radius 2 is 2.06 bits per heavy atom. The van der Waals surface area contributed by atoms with E-state index in [1.165, 1.54) is 5.56 Å². The van der Waals surface area contributed by atoms with Crippen molar-refractivity contribution in [2.75, 3.05) is 7.11 Å². The molecule has 1 aromatic carbocycles. The summed E-state index contributed by atoms with van der Waals surface area (Å²) in [6.07, 6.45) is 2.17. The highest BCUT2D eigenvalue weighted by molar-refractivity contribution is 5.55. The standard InChI is InChI=1S/C13H15N3O2/c1-17-13(6-7-13)10-4-2-9(3-5-10)12-15-11(8-14)18-16-12/h2-5H,6-8,14H2,1H3. The second-order valence-electron chi connectivity index (χ2n) is 4.49. The summed E-state index contributed by atoms with van der Waals surface area (Å²) in [5, 5.41) is 3.89. The molecule has 1 aliphatic rings. The number of nitrogens with zero attached hydrogens (tertiary/aromatic N) is 2. The molecule has 0 bridgehead atoms. The molecule has 94 valence electrons. The Bertz CT molecular complexity index is 544. The fourth-order valence-corrected chi connectivity index (χ4v) is 2.10. The van der Waals surface area contributed by atoms with Crippen molar-refractivity contribution in [3.63, 3.8) is 0 Å². The lowest BCUT2D eigenvalue weighted by Gasteiger charge is -2.13. The van der Waals surface area contributed by atoms with Crippen LogP contribution in [0.5, 0.6) is 0 Å². The van der Waals surface area contributed by atoms with Gasteiger partial charge in [0.2, 0.25) is 11.7 Å². The summed E-state index contributed by atoms with van der Waals surface area (Å²) in [7, 11) is 1.76. The van der Waals surface area contributed by atoms with Crippen molar-refractivity contribution in [3.8, 4) is 11.4 Å². The summed E-state index contributed by atoms with van der Waals surface area (Å²) in [4.78, 5) is 4.19. The first-order valence-electron chi connectivity index (χ1n) is 5.96. The minimum Gasteiger partial charge on any atom is -0.374 e. The first-order chi connectivity index (χ1) is 8.77. The van der Waals surface area contributed by atoms with Gasteiger partial charge in [-0.1, -0.05) is 29.4 Å². The third kappa shape index (κ3) is 1.81. The number of hydrogen-bond donors (Lipinski definition) is 1. The number of hydrogen-bond acceptors (Lipinski definition) is 5. The molecule has 1 aromatic heterocycles. The molecule has 2 N–H and O–H groups in total. The van der Waals surface area contributed by atoms with Crippen LogP contribution in [0.2, 0.25) is 0 Å². The number of aromatic nitrogens is 2. The fourth-order valence-electron chi connectivity index (χ4n) is 2.10. The van der Waals surface area contributed by atoms with E-state index in [1.807, 2.05) is 12.1 Å². The normalized spacial score (nSPS) is 16.8. The van der Waals surface area contributed by atoms with Gasteiger partial charge in [-0.2, -0.15) is 4.98 Å². The molecule has 0 spiro atoms. The molecule has 1 aliphatic carbocycles. The van der Waals surface area contributed by atoms with Crippen LogP contribution < -0.4 is 5.73 Å². The fraction of sp³-hybridized carbons (Fsp3) is 0.385. The molecule has 0 atom stereocenters. The predicted octanol–water partition coefficient (Wildman–Crippen LogP) is 1.83. The van der Waals surface area contributed by atoms with Crippen LogP contribution in [0, 0.1) is 0 Å². The van der Waals surface area contributed by atoms with Crippen molar-refractivity contribution < 1.29 is 9.26 Å². The van der Waals surface area contributed by atoms with Crippen LogP contribution in [0.4, 0.5) is 0 Å². The molecule has 2 aromatic rings. The molecule has 3 rings (SSSR count). The van der Waals surface area contributed by atoms with Gasteiger partial charge in [-0.3, -0.25) is 0 Å². The maximum absolute atomic E-state index is 5.54. The van der Waals surface area contributed by atoms with Gasteiger partial charge < -0.3 is 15.0 Å². The maximum atomic E-state index is 5.54. The first-order valence-corrected chi connectivity index (χ1v) is 5.96. The van der Waals surface area contributed by atoms with Gasteiger partial charge in [-0.25, -0.2) is 0 Å². The van der Waals surface area contributed by atoms with E-state index < -0.39 is 0 Å². The Labute approximate surface area is 105 Å². The van der Waals surface area contributed by atoms with Crippen molar-refractivity contribution in [3.05, 3.63) is 35.7 Å². The molecular weight excluding hydrogens is 230 g/mol. The van der Waals surface area contributed by atoms with Crippen molar-refractivity contribution in [1.82, 2.24) is 10.1 Å². The lowest BCUT2D eigenvalue weighted by atomic mass is 10.1. The van der Waals surface area contributed by atoms with Gasteiger partial charge in [0, 0.05) is 12.7 Å². The number of rotatable bonds is 4. The van der Waals surface area contributed by atoms with E-state index in [4.69, 9.17) is 15.0 Å². The van der Waals surface area contributed by atoms with Crippen LogP contribution in [-0.2, 0) is 16.9 Å². The average molecular weight is 245 g/mol. The van der Waals surface area contributed by atoms with E-state index in [0.717, 1.165) is 18.4 Å². The molecule has 5 heteroatoms. The average Bonchev–Trinajstić information content (AvgIpc) is 3.09. The minimum absolute atomic E-state index is 0.0573. The van der Waals surface area contributed by atoms with Crippen LogP contribution in [0.3, 0.4) is 0 Å². The summed E-state index contributed by atoms with van der Waals surface area (Å²) >= 11 is 0. The van der Waals surface area contributed by atoms with Crippen molar-refractivity contribution >= 4 is 0 Å². The molecule has 0 amide bonds. The van der Waals surface area contributed by atoms with Crippen LogP contribution in [0.1, 0.15) is 24.3 Å². The lowest BCUT2D eigenvalue weighted by Crippen LogP contribution is -2.08. The quantitative estimate of drug-likeness (QED) is 0.889. The van der Waals surface area contributed by atoms with E-state index in [2.05, 4.69) is 22.3 Å². The molecule has 0 saturated heterocycles. The van der Waals surface area contributed by atoms with E-state index in [1.54, 1.807) is 7.11 Å². The van der Waals surface area contributed by atoms with Crippen LogP contribution in [0.25, 0.3) is 11.4 Å². The third-order valence-corrected chi connectivity index (χ3v) is 3.41. The third-order valence-electron chi connectivity index (χ3n) is 3.41. The molecule has 0 radical (unpaired) electrons. The van der Waals surface area contributed by atoms with Crippen LogP contribution in [0.15, 0.2) is 28.8 Å². The molecule has 0 unspecified atom stereocenters. The topological polar surface area (TPSA) is 74.2 Å². The van der Waals surface area contributed by atoms with Gasteiger partial charge in [-0.05, 0) is 18.4 Å². The van der Waals surface area contributed by atoms with E-state index in [9.17, 15) is 0 Å². The van der Waals surface area contributed by atoms with Crippen LogP contribution >= 0.6 is 0 Å². The van der Waals surface area contributed by atoms with E-state index in [-0.39, 0.29) is 12.1 Å². The van der Waals surface area contributed by atoms with Crippen molar-refractivity contribution in [2.45, 2.75) is 25.0 Å². The molecule has 18 heavy (non-hydrogen) atoms. The molecule has 1 heterocycles. The van der Waals surface area contributed by atoms with Gasteiger partial charge in [0.05, 0.1) is 12.1 Å². The monoisotopic (exact) mass is 245 g/mol. The van der Waals surface area contributed by atoms with Crippen molar-refractivity contribution in [2.24, 2.45) is 5.73 Å². The number of benzene rings is 1. The highest BCUT2D eigenvalue weighted by atomic mass is 16.5. The Balaban J connectivity index is 1.87. The van der Waals surface area contributed by atoms with Gasteiger partial charge in [-0.15, -0.1) is 0 Å². The second-order valence-corrected chi connectivity index (χ2v) is 4.49. The van der Waals surface area contributed by atoms with E-state index in [0.29, 0.717) is 11.7 Å². The molecule has 1 saturated carbocycles. The summed E-state index contributed by atoms with van der Waals surface area (Å²) in [6.45, 7) is 0.262. The first kappa shape index (κ1) is 11.4. The number of nitrogens with two attached hydrogens (primary N) is 1. The van der Waals surface area contributed by atoms with Gasteiger partial charge in [0.1, 0.15) is 0 Å².